The second-order valence-electron chi connectivity index (χ2n) is 6.27. The third-order valence-electron chi connectivity index (χ3n) is 4.55. The second-order valence-corrected chi connectivity index (χ2v) is 7.35. The molecule has 128 valence electrons. The smallest absolute Gasteiger partial charge is 0.260 e. The van der Waals surface area contributed by atoms with Crippen LogP contribution in [-0.2, 0) is 12.8 Å². The number of hydrogen-bond donors (Lipinski definition) is 1. The minimum absolute atomic E-state index is 0.141. The van der Waals surface area contributed by atoms with Crippen LogP contribution in [-0.4, -0.2) is 9.97 Å². The third-order valence-corrected chi connectivity index (χ3v) is 5.74. The number of benzene rings is 1. The lowest BCUT2D eigenvalue weighted by Gasteiger charge is -2.09. The summed E-state index contributed by atoms with van der Waals surface area (Å²) in [5.74, 6) is 0.335. The van der Waals surface area contributed by atoms with Crippen LogP contribution in [0.3, 0.4) is 0 Å². The Morgan fingerprint density at radius 2 is 2.04 bits per heavy atom. The molecule has 1 N–H and O–H groups in total. The number of aromatic amines is 1. The number of nitrogens with one attached hydrogen (secondary N) is 1. The molecule has 5 heteroatoms. The Balaban J connectivity index is 1.73. The third kappa shape index (κ3) is 3.12. The highest BCUT2D eigenvalue weighted by Crippen LogP contribution is 2.33. The molecule has 1 aliphatic rings. The van der Waals surface area contributed by atoms with E-state index in [-0.39, 0.29) is 5.56 Å². The van der Waals surface area contributed by atoms with Gasteiger partial charge in [-0.05, 0) is 42.9 Å². The van der Waals surface area contributed by atoms with Gasteiger partial charge in [-0.15, -0.1) is 11.3 Å². The quantitative estimate of drug-likeness (QED) is 0.553. The first-order valence-corrected chi connectivity index (χ1v) is 9.46. The molecule has 1 aliphatic carbocycles. The molecule has 0 fully saturated rings. The molecule has 26 heavy (non-hydrogen) atoms. The van der Waals surface area contributed by atoms with Crippen molar-refractivity contribution >= 4 is 33.2 Å². The molecule has 1 aromatic carbocycles. The van der Waals surface area contributed by atoms with Crippen molar-refractivity contribution in [2.45, 2.75) is 25.7 Å². The molecular formula is C21H17N3OS. The van der Waals surface area contributed by atoms with E-state index in [9.17, 15) is 10.1 Å². The average Bonchev–Trinajstić information content (AvgIpc) is 3.05. The van der Waals surface area contributed by atoms with Gasteiger partial charge in [0.05, 0.1) is 11.0 Å². The van der Waals surface area contributed by atoms with Gasteiger partial charge in [-0.3, -0.25) is 4.79 Å². The fourth-order valence-corrected chi connectivity index (χ4v) is 4.54. The number of rotatable bonds is 3. The Hall–Kier alpha value is -2.97. The molecule has 0 saturated heterocycles. The van der Waals surface area contributed by atoms with E-state index in [0.717, 1.165) is 41.6 Å². The summed E-state index contributed by atoms with van der Waals surface area (Å²) in [5.41, 5.74) is 2.41. The van der Waals surface area contributed by atoms with Crippen LogP contribution in [0.15, 0.2) is 47.3 Å². The maximum Gasteiger partial charge on any atom is 0.260 e. The van der Waals surface area contributed by atoms with Gasteiger partial charge in [-0.1, -0.05) is 42.5 Å². The maximum absolute atomic E-state index is 12.6. The number of nitriles is 1. The summed E-state index contributed by atoms with van der Waals surface area (Å²) in [6.07, 6.45) is 9.65. The molecule has 0 amide bonds. The number of nitrogens with zero attached hydrogens (tertiary/aromatic N) is 2. The van der Waals surface area contributed by atoms with Crippen LogP contribution in [0.1, 0.15) is 34.7 Å². The summed E-state index contributed by atoms with van der Waals surface area (Å²) >= 11 is 1.59. The summed E-state index contributed by atoms with van der Waals surface area (Å²) in [6.45, 7) is 0. The number of thiophene rings is 1. The van der Waals surface area contributed by atoms with Gasteiger partial charge in [-0.2, -0.15) is 5.26 Å². The summed E-state index contributed by atoms with van der Waals surface area (Å²) in [6, 6.07) is 12.0. The zero-order valence-electron chi connectivity index (χ0n) is 14.2. The first-order chi connectivity index (χ1) is 12.8. The van der Waals surface area contributed by atoms with E-state index < -0.39 is 0 Å². The topological polar surface area (TPSA) is 69.5 Å². The SMILES string of the molecule is N#C/C(=C\C=C\c1ccccc1)c1nc2sc3c(c2c(=O)[nH]1)CCCC3. The van der Waals surface area contributed by atoms with Gasteiger partial charge in [0.15, 0.2) is 5.82 Å². The van der Waals surface area contributed by atoms with E-state index >= 15 is 0 Å². The largest absolute Gasteiger partial charge is 0.305 e. The van der Waals surface area contributed by atoms with Crippen molar-refractivity contribution in [3.8, 4) is 6.07 Å². The van der Waals surface area contributed by atoms with Crippen LogP contribution in [0.4, 0.5) is 0 Å². The average molecular weight is 359 g/mol. The predicted molar refractivity (Wildman–Crippen MR) is 106 cm³/mol. The number of allylic oxidation sites excluding steroid dienone is 3. The Kier molecular flexibility index (Phi) is 4.51. The summed E-state index contributed by atoms with van der Waals surface area (Å²) in [4.78, 5) is 22.0. The van der Waals surface area contributed by atoms with Crippen LogP contribution >= 0.6 is 11.3 Å². The van der Waals surface area contributed by atoms with E-state index in [4.69, 9.17) is 0 Å². The molecule has 0 spiro atoms. The molecule has 0 saturated carbocycles. The summed E-state index contributed by atoms with van der Waals surface area (Å²) < 4.78 is 0. The maximum atomic E-state index is 12.6. The number of aryl methyl sites for hydroxylation is 2. The van der Waals surface area contributed by atoms with Crippen molar-refractivity contribution in [1.29, 1.82) is 5.26 Å². The fourth-order valence-electron chi connectivity index (χ4n) is 3.28. The normalized spacial score (nSPS) is 14.5. The predicted octanol–water partition coefficient (Wildman–Crippen LogP) is 4.48. The van der Waals surface area contributed by atoms with Crippen LogP contribution < -0.4 is 5.56 Å². The van der Waals surface area contributed by atoms with Gasteiger partial charge in [-0.25, -0.2) is 4.98 Å². The van der Waals surface area contributed by atoms with Gasteiger partial charge in [0.2, 0.25) is 0 Å². The lowest BCUT2D eigenvalue weighted by atomic mass is 9.97. The molecule has 0 atom stereocenters. The standard InChI is InChI=1S/C21H17N3OS/c22-13-15(10-6-9-14-7-2-1-3-8-14)19-23-20(25)18-16-11-4-5-12-17(16)26-21(18)24-19/h1-3,6-10H,4-5,11-12H2,(H,23,24,25)/b9-6+,15-10+. The molecule has 0 aliphatic heterocycles. The number of H-pyrrole nitrogens is 1. The highest BCUT2D eigenvalue weighted by atomic mass is 32.1. The second kappa shape index (κ2) is 7.11. The molecular weight excluding hydrogens is 342 g/mol. The molecule has 4 nitrogen and oxygen atoms in total. The van der Waals surface area contributed by atoms with E-state index in [1.54, 1.807) is 23.5 Å². The minimum atomic E-state index is -0.141. The van der Waals surface area contributed by atoms with E-state index in [2.05, 4.69) is 16.0 Å². The molecule has 4 rings (SSSR count). The Labute approximate surface area is 155 Å². The molecule has 0 radical (unpaired) electrons. The highest BCUT2D eigenvalue weighted by molar-refractivity contribution is 7.18. The van der Waals surface area contributed by atoms with E-state index in [1.807, 2.05) is 36.4 Å². The number of aromatic nitrogens is 2. The van der Waals surface area contributed by atoms with Crippen molar-refractivity contribution in [3.05, 3.63) is 74.7 Å². The van der Waals surface area contributed by atoms with Crippen LogP contribution in [0.25, 0.3) is 21.9 Å². The molecule has 0 bridgehead atoms. The molecule has 2 aromatic heterocycles. The van der Waals surface area contributed by atoms with Crippen LogP contribution in [0.2, 0.25) is 0 Å². The number of fused-ring (bicyclic) bond motifs is 3. The van der Waals surface area contributed by atoms with Gasteiger partial charge in [0, 0.05) is 4.88 Å². The van der Waals surface area contributed by atoms with Crippen molar-refractivity contribution in [2.75, 3.05) is 0 Å². The minimum Gasteiger partial charge on any atom is -0.305 e. The number of hydrogen-bond acceptors (Lipinski definition) is 4. The molecule has 0 unspecified atom stereocenters. The van der Waals surface area contributed by atoms with Crippen molar-refractivity contribution in [2.24, 2.45) is 0 Å². The lowest BCUT2D eigenvalue weighted by molar-refractivity contribution is 0.700. The fraction of sp³-hybridized carbons (Fsp3) is 0.190. The molecule has 3 aromatic rings. The van der Waals surface area contributed by atoms with Gasteiger partial charge >= 0.3 is 0 Å². The van der Waals surface area contributed by atoms with Crippen LogP contribution in [0.5, 0.6) is 0 Å². The van der Waals surface area contributed by atoms with Crippen molar-refractivity contribution < 1.29 is 0 Å². The monoisotopic (exact) mass is 359 g/mol. The van der Waals surface area contributed by atoms with Crippen LogP contribution in [0, 0.1) is 11.3 Å². The van der Waals surface area contributed by atoms with E-state index in [0.29, 0.717) is 16.8 Å². The van der Waals surface area contributed by atoms with Gasteiger partial charge < -0.3 is 4.98 Å². The lowest BCUT2D eigenvalue weighted by Crippen LogP contribution is -2.12. The Morgan fingerprint density at radius 1 is 1.23 bits per heavy atom. The van der Waals surface area contributed by atoms with Crippen molar-refractivity contribution in [1.82, 2.24) is 9.97 Å². The first-order valence-electron chi connectivity index (χ1n) is 8.65. The zero-order valence-corrected chi connectivity index (χ0v) is 15.0. The van der Waals surface area contributed by atoms with Gasteiger partial charge in [0.25, 0.3) is 5.56 Å². The summed E-state index contributed by atoms with van der Waals surface area (Å²) in [7, 11) is 0. The zero-order chi connectivity index (χ0) is 17.9. The molecule has 2 heterocycles. The Morgan fingerprint density at radius 3 is 2.85 bits per heavy atom. The van der Waals surface area contributed by atoms with E-state index in [1.165, 1.54) is 4.88 Å². The van der Waals surface area contributed by atoms with Crippen molar-refractivity contribution in [3.63, 3.8) is 0 Å². The van der Waals surface area contributed by atoms with Gasteiger partial charge in [0.1, 0.15) is 10.9 Å². The highest BCUT2D eigenvalue weighted by Gasteiger charge is 2.20. The summed E-state index contributed by atoms with van der Waals surface area (Å²) in [5, 5.41) is 10.2. The Bertz CT molecular complexity index is 1110. The first kappa shape index (κ1) is 16.5.